The average molecular weight is 269 g/mol. The maximum atomic E-state index is 11.4. The number of rotatable bonds is 2. The van der Waals surface area contributed by atoms with Gasteiger partial charge in [-0.3, -0.25) is 4.79 Å². The summed E-state index contributed by atoms with van der Waals surface area (Å²) in [4.78, 5) is 18.5. The number of fused-ring (bicyclic) bond motifs is 1. The molecule has 0 spiro atoms. The molecule has 0 saturated carbocycles. The molecule has 0 saturated heterocycles. The number of aromatic amines is 1. The number of pyridine rings is 1. The summed E-state index contributed by atoms with van der Waals surface area (Å²) in [5.41, 5.74) is 1.39. The minimum absolute atomic E-state index is 0.00218. The highest BCUT2D eigenvalue weighted by Crippen LogP contribution is 2.31. The summed E-state index contributed by atoms with van der Waals surface area (Å²) in [5.74, 6) is 0.595. The number of methoxy groups -OCH3 is 1. The van der Waals surface area contributed by atoms with Gasteiger partial charge in [-0.1, -0.05) is 0 Å². The third-order valence-electron chi connectivity index (χ3n) is 2.23. The number of ether oxygens (including phenoxy) is 1. The maximum Gasteiger partial charge on any atom is 0.162 e. The van der Waals surface area contributed by atoms with Gasteiger partial charge in [0.2, 0.25) is 0 Å². The van der Waals surface area contributed by atoms with Crippen molar-refractivity contribution in [2.45, 2.75) is 6.92 Å². The summed E-state index contributed by atoms with van der Waals surface area (Å²) in [6.45, 7) is 1.52. The first-order valence-corrected chi connectivity index (χ1v) is 5.15. The van der Waals surface area contributed by atoms with Crippen LogP contribution in [0.25, 0.3) is 10.9 Å². The van der Waals surface area contributed by atoms with Crippen molar-refractivity contribution >= 4 is 32.6 Å². The van der Waals surface area contributed by atoms with Crippen LogP contribution in [0.3, 0.4) is 0 Å². The monoisotopic (exact) mass is 268 g/mol. The molecule has 0 bridgehead atoms. The van der Waals surface area contributed by atoms with Crippen molar-refractivity contribution in [2.75, 3.05) is 7.11 Å². The normalized spacial score (nSPS) is 10.6. The fourth-order valence-corrected chi connectivity index (χ4v) is 1.93. The van der Waals surface area contributed by atoms with Gasteiger partial charge in [-0.25, -0.2) is 4.98 Å². The lowest BCUT2D eigenvalue weighted by Crippen LogP contribution is -1.93. The van der Waals surface area contributed by atoms with Crippen molar-refractivity contribution in [1.82, 2.24) is 9.97 Å². The summed E-state index contributed by atoms with van der Waals surface area (Å²) in [5, 5.41) is 0.770. The Bertz CT molecular complexity index is 533. The number of hydrogen-bond donors (Lipinski definition) is 1. The van der Waals surface area contributed by atoms with Crippen molar-refractivity contribution in [3.05, 3.63) is 22.6 Å². The second-order valence-corrected chi connectivity index (χ2v) is 3.88. The molecule has 2 aromatic rings. The van der Waals surface area contributed by atoms with E-state index < -0.39 is 0 Å². The second-order valence-electron chi connectivity index (χ2n) is 3.13. The van der Waals surface area contributed by atoms with Crippen molar-refractivity contribution in [1.29, 1.82) is 0 Å². The fourth-order valence-electron chi connectivity index (χ4n) is 1.52. The lowest BCUT2D eigenvalue weighted by Gasteiger charge is -2.03. The molecule has 2 aromatic heterocycles. The zero-order valence-electron chi connectivity index (χ0n) is 8.30. The van der Waals surface area contributed by atoms with Crippen molar-refractivity contribution in [3.63, 3.8) is 0 Å². The number of hydrogen-bond acceptors (Lipinski definition) is 3. The van der Waals surface area contributed by atoms with Crippen LogP contribution in [-0.4, -0.2) is 22.9 Å². The SMILES string of the molecule is COc1cnc(Br)c2[nH]cc(C(C)=O)c12. The van der Waals surface area contributed by atoms with Crippen molar-refractivity contribution < 1.29 is 9.53 Å². The Morgan fingerprint density at radius 2 is 2.33 bits per heavy atom. The Morgan fingerprint density at radius 1 is 1.60 bits per heavy atom. The number of nitrogens with one attached hydrogen (secondary N) is 1. The average Bonchev–Trinajstić information content (AvgIpc) is 2.64. The number of Topliss-reactive ketones (excluding diaryl/α,β-unsaturated/α-hetero) is 1. The fraction of sp³-hybridized carbons (Fsp3) is 0.200. The molecule has 1 N–H and O–H groups in total. The molecule has 2 rings (SSSR count). The van der Waals surface area contributed by atoms with Crippen LogP contribution in [-0.2, 0) is 0 Å². The van der Waals surface area contributed by atoms with E-state index in [4.69, 9.17) is 4.74 Å². The predicted molar refractivity (Wildman–Crippen MR) is 60.4 cm³/mol. The van der Waals surface area contributed by atoms with E-state index in [1.54, 1.807) is 19.5 Å². The van der Waals surface area contributed by atoms with Gasteiger partial charge in [-0.2, -0.15) is 0 Å². The van der Waals surface area contributed by atoms with Gasteiger partial charge in [-0.15, -0.1) is 0 Å². The van der Waals surface area contributed by atoms with Crippen LogP contribution in [0.2, 0.25) is 0 Å². The summed E-state index contributed by atoms with van der Waals surface area (Å²) >= 11 is 3.31. The van der Waals surface area contributed by atoms with Crippen LogP contribution in [0, 0.1) is 0 Å². The Hall–Kier alpha value is -1.36. The van der Waals surface area contributed by atoms with E-state index in [1.165, 1.54) is 6.92 Å². The molecule has 0 amide bonds. The van der Waals surface area contributed by atoms with Gasteiger partial charge in [0.05, 0.1) is 24.2 Å². The van der Waals surface area contributed by atoms with Crippen LogP contribution in [0.15, 0.2) is 17.0 Å². The summed E-state index contributed by atoms with van der Waals surface area (Å²) in [6, 6.07) is 0. The number of carbonyl (C=O) groups is 1. The molecular formula is C10H9BrN2O2. The molecule has 0 aliphatic rings. The highest BCUT2D eigenvalue weighted by molar-refractivity contribution is 9.10. The van der Waals surface area contributed by atoms with Gasteiger partial charge in [-0.05, 0) is 22.9 Å². The Balaban J connectivity index is 2.86. The number of carbonyl (C=O) groups excluding carboxylic acids is 1. The molecule has 0 unspecified atom stereocenters. The highest BCUT2D eigenvalue weighted by atomic mass is 79.9. The van der Waals surface area contributed by atoms with Crippen molar-refractivity contribution in [2.24, 2.45) is 0 Å². The van der Waals surface area contributed by atoms with Gasteiger partial charge in [0.15, 0.2) is 5.78 Å². The van der Waals surface area contributed by atoms with E-state index in [-0.39, 0.29) is 5.78 Å². The van der Waals surface area contributed by atoms with Crippen LogP contribution >= 0.6 is 15.9 Å². The first kappa shape index (κ1) is 10.2. The lowest BCUT2D eigenvalue weighted by molar-refractivity contribution is 0.101. The molecule has 0 fully saturated rings. The van der Waals surface area contributed by atoms with E-state index in [0.29, 0.717) is 15.9 Å². The number of halogens is 1. The Morgan fingerprint density at radius 3 is 2.93 bits per heavy atom. The number of nitrogens with zero attached hydrogens (tertiary/aromatic N) is 1. The summed E-state index contributed by atoms with van der Waals surface area (Å²) in [6.07, 6.45) is 3.26. The molecule has 4 nitrogen and oxygen atoms in total. The van der Waals surface area contributed by atoms with E-state index >= 15 is 0 Å². The van der Waals surface area contributed by atoms with E-state index in [0.717, 1.165) is 10.9 Å². The molecular weight excluding hydrogens is 260 g/mol. The van der Waals surface area contributed by atoms with Crippen LogP contribution in [0.4, 0.5) is 0 Å². The third-order valence-corrected chi connectivity index (χ3v) is 2.83. The van der Waals surface area contributed by atoms with Gasteiger partial charge < -0.3 is 9.72 Å². The summed E-state index contributed by atoms with van der Waals surface area (Å²) < 4.78 is 5.85. The largest absolute Gasteiger partial charge is 0.494 e. The first-order chi connectivity index (χ1) is 7.15. The molecule has 5 heteroatoms. The molecule has 0 aromatic carbocycles. The topological polar surface area (TPSA) is 55.0 Å². The minimum Gasteiger partial charge on any atom is -0.494 e. The van der Waals surface area contributed by atoms with Crippen LogP contribution < -0.4 is 4.74 Å². The zero-order chi connectivity index (χ0) is 11.0. The van der Waals surface area contributed by atoms with Gasteiger partial charge in [0, 0.05) is 11.8 Å². The molecule has 15 heavy (non-hydrogen) atoms. The van der Waals surface area contributed by atoms with E-state index in [2.05, 4.69) is 25.9 Å². The standard InChI is InChI=1S/C10H9BrN2O2/c1-5(14)6-3-12-9-8(6)7(15-2)4-13-10(9)11/h3-4,12H,1-2H3. The first-order valence-electron chi connectivity index (χ1n) is 4.35. The molecule has 78 valence electrons. The predicted octanol–water partition coefficient (Wildman–Crippen LogP) is 2.54. The van der Waals surface area contributed by atoms with Gasteiger partial charge in [0.1, 0.15) is 10.4 Å². The maximum absolute atomic E-state index is 11.4. The highest BCUT2D eigenvalue weighted by Gasteiger charge is 2.15. The molecule has 0 atom stereocenters. The number of ketones is 1. The van der Waals surface area contributed by atoms with Gasteiger partial charge >= 0.3 is 0 Å². The van der Waals surface area contributed by atoms with Gasteiger partial charge in [0.25, 0.3) is 0 Å². The lowest BCUT2D eigenvalue weighted by atomic mass is 10.1. The van der Waals surface area contributed by atoms with Crippen molar-refractivity contribution in [3.8, 4) is 5.75 Å². The molecule has 0 aliphatic carbocycles. The second kappa shape index (κ2) is 3.66. The molecule has 0 aliphatic heterocycles. The minimum atomic E-state index is -0.00218. The number of H-pyrrole nitrogens is 1. The molecule has 0 radical (unpaired) electrons. The van der Waals surface area contributed by atoms with Crippen LogP contribution in [0.1, 0.15) is 17.3 Å². The Labute approximate surface area is 94.8 Å². The van der Waals surface area contributed by atoms with Crippen LogP contribution in [0.5, 0.6) is 5.75 Å². The smallest absolute Gasteiger partial charge is 0.162 e. The molecule has 2 heterocycles. The third kappa shape index (κ3) is 1.52. The number of aromatic nitrogens is 2. The summed E-state index contributed by atoms with van der Waals surface area (Å²) in [7, 11) is 1.56. The Kier molecular flexibility index (Phi) is 2.48. The van der Waals surface area contributed by atoms with E-state index in [1.807, 2.05) is 0 Å². The van der Waals surface area contributed by atoms with E-state index in [9.17, 15) is 4.79 Å². The zero-order valence-corrected chi connectivity index (χ0v) is 9.88. The quantitative estimate of drug-likeness (QED) is 0.673.